The zero-order valence-corrected chi connectivity index (χ0v) is 9.91. The molecule has 0 radical (unpaired) electrons. The summed E-state index contributed by atoms with van der Waals surface area (Å²) in [6.45, 7) is 2.01. The first-order chi connectivity index (χ1) is 7.77. The van der Waals surface area contributed by atoms with Crippen LogP contribution < -0.4 is 0 Å². The molecule has 2 heteroatoms. The molecular weight excluding hydrogens is 198 g/mol. The third-order valence-electron chi connectivity index (χ3n) is 3.39. The van der Waals surface area contributed by atoms with E-state index >= 15 is 0 Å². The van der Waals surface area contributed by atoms with Crippen molar-refractivity contribution in [3.63, 3.8) is 0 Å². The third kappa shape index (κ3) is 2.69. The van der Waals surface area contributed by atoms with Crippen molar-refractivity contribution in [1.82, 2.24) is 4.98 Å². The number of rotatable bonds is 2. The van der Waals surface area contributed by atoms with E-state index in [4.69, 9.17) is 0 Å². The zero-order chi connectivity index (χ0) is 11.4. The van der Waals surface area contributed by atoms with E-state index in [0.29, 0.717) is 5.69 Å². The SMILES string of the molecule is Cc1ccnc(C(=O)C2CCCCCC2)c1. The smallest absolute Gasteiger partial charge is 0.184 e. The van der Waals surface area contributed by atoms with Crippen molar-refractivity contribution in [2.24, 2.45) is 5.92 Å². The quantitative estimate of drug-likeness (QED) is 0.560. The molecule has 86 valence electrons. The van der Waals surface area contributed by atoms with Gasteiger partial charge in [0, 0.05) is 12.1 Å². The highest BCUT2D eigenvalue weighted by atomic mass is 16.1. The van der Waals surface area contributed by atoms with Gasteiger partial charge in [0.25, 0.3) is 0 Å². The van der Waals surface area contributed by atoms with Crippen molar-refractivity contribution >= 4 is 5.78 Å². The number of aryl methyl sites for hydroxylation is 1. The summed E-state index contributed by atoms with van der Waals surface area (Å²) in [4.78, 5) is 16.4. The van der Waals surface area contributed by atoms with Gasteiger partial charge in [-0.15, -0.1) is 0 Å². The van der Waals surface area contributed by atoms with E-state index in [1.165, 1.54) is 25.7 Å². The number of hydrogen-bond acceptors (Lipinski definition) is 2. The van der Waals surface area contributed by atoms with Crippen LogP contribution in [0.25, 0.3) is 0 Å². The Labute approximate surface area is 97.1 Å². The van der Waals surface area contributed by atoms with E-state index in [-0.39, 0.29) is 11.7 Å². The largest absolute Gasteiger partial charge is 0.292 e. The molecule has 1 heterocycles. The summed E-state index contributed by atoms with van der Waals surface area (Å²) in [5.41, 5.74) is 1.78. The van der Waals surface area contributed by atoms with Crippen molar-refractivity contribution in [3.8, 4) is 0 Å². The molecule has 0 amide bonds. The maximum atomic E-state index is 12.2. The molecule has 0 saturated heterocycles. The molecule has 0 aromatic carbocycles. The molecule has 0 spiro atoms. The zero-order valence-electron chi connectivity index (χ0n) is 9.91. The molecule has 16 heavy (non-hydrogen) atoms. The van der Waals surface area contributed by atoms with Crippen LogP contribution in [-0.2, 0) is 0 Å². The van der Waals surface area contributed by atoms with Crippen molar-refractivity contribution in [2.45, 2.75) is 45.4 Å². The minimum absolute atomic E-state index is 0.219. The molecule has 0 aliphatic heterocycles. The number of aromatic nitrogens is 1. The van der Waals surface area contributed by atoms with Crippen molar-refractivity contribution in [3.05, 3.63) is 29.6 Å². The molecule has 1 aliphatic rings. The Morgan fingerprint density at radius 1 is 1.25 bits per heavy atom. The molecule has 1 fully saturated rings. The third-order valence-corrected chi connectivity index (χ3v) is 3.39. The molecule has 0 bridgehead atoms. The Morgan fingerprint density at radius 2 is 1.94 bits per heavy atom. The van der Waals surface area contributed by atoms with Crippen molar-refractivity contribution in [1.29, 1.82) is 0 Å². The van der Waals surface area contributed by atoms with E-state index in [2.05, 4.69) is 4.98 Å². The lowest BCUT2D eigenvalue weighted by Crippen LogP contribution is -2.15. The molecule has 1 aliphatic carbocycles. The fourth-order valence-electron chi connectivity index (χ4n) is 2.42. The molecule has 0 atom stereocenters. The average Bonchev–Trinajstić information content (AvgIpc) is 2.56. The summed E-state index contributed by atoms with van der Waals surface area (Å²) < 4.78 is 0. The molecule has 1 aromatic rings. The van der Waals surface area contributed by atoms with E-state index in [9.17, 15) is 4.79 Å². The molecule has 2 rings (SSSR count). The summed E-state index contributed by atoms with van der Waals surface area (Å²) in [6.07, 6.45) is 8.79. The predicted octanol–water partition coefficient (Wildman–Crippen LogP) is 3.54. The number of pyridine rings is 1. The van der Waals surface area contributed by atoms with Gasteiger partial charge < -0.3 is 0 Å². The van der Waals surface area contributed by atoms with Crippen LogP contribution in [0.3, 0.4) is 0 Å². The fraction of sp³-hybridized carbons (Fsp3) is 0.571. The van der Waals surface area contributed by atoms with E-state index in [1.54, 1.807) is 6.20 Å². The van der Waals surface area contributed by atoms with Gasteiger partial charge in [-0.1, -0.05) is 25.7 Å². The molecule has 1 saturated carbocycles. The van der Waals surface area contributed by atoms with Crippen LogP contribution in [0.4, 0.5) is 0 Å². The van der Waals surface area contributed by atoms with Gasteiger partial charge >= 0.3 is 0 Å². The predicted molar refractivity (Wildman–Crippen MR) is 64.5 cm³/mol. The van der Waals surface area contributed by atoms with Crippen molar-refractivity contribution < 1.29 is 4.79 Å². The minimum atomic E-state index is 0.219. The fourth-order valence-corrected chi connectivity index (χ4v) is 2.42. The van der Waals surface area contributed by atoms with Gasteiger partial charge in [0.1, 0.15) is 5.69 Å². The highest BCUT2D eigenvalue weighted by Crippen LogP contribution is 2.25. The number of ketones is 1. The van der Waals surface area contributed by atoms with Crippen LogP contribution >= 0.6 is 0 Å². The summed E-state index contributed by atoms with van der Waals surface area (Å²) in [5, 5.41) is 0. The first-order valence-electron chi connectivity index (χ1n) is 6.24. The number of Topliss-reactive ketones (excluding diaryl/α,β-unsaturated/α-hetero) is 1. The molecule has 2 nitrogen and oxygen atoms in total. The first kappa shape index (κ1) is 11.3. The molecular formula is C14H19NO. The summed E-state index contributed by atoms with van der Waals surface area (Å²) in [7, 11) is 0. The van der Waals surface area contributed by atoms with Gasteiger partial charge in [0.05, 0.1) is 0 Å². The number of nitrogens with zero attached hydrogens (tertiary/aromatic N) is 1. The van der Waals surface area contributed by atoms with Gasteiger partial charge in [-0.3, -0.25) is 9.78 Å². The van der Waals surface area contributed by atoms with Crippen LogP contribution in [0.2, 0.25) is 0 Å². The summed E-state index contributed by atoms with van der Waals surface area (Å²) >= 11 is 0. The summed E-state index contributed by atoms with van der Waals surface area (Å²) in [6, 6.07) is 3.84. The van der Waals surface area contributed by atoms with Crippen LogP contribution in [0.1, 0.15) is 54.6 Å². The van der Waals surface area contributed by atoms with E-state index in [1.807, 2.05) is 19.1 Å². The maximum Gasteiger partial charge on any atom is 0.184 e. The lowest BCUT2D eigenvalue weighted by atomic mass is 9.93. The second-order valence-corrected chi connectivity index (χ2v) is 4.77. The van der Waals surface area contributed by atoms with Gasteiger partial charge in [0.2, 0.25) is 0 Å². The van der Waals surface area contributed by atoms with Crippen molar-refractivity contribution in [2.75, 3.05) is 0 Å². The number of carbonyl (C=O) groups is 1. The van der Waals surface area contributed by atoms with Crippen LogP contribution in [0, 0.1) is 12.8 Å². The van der Waals surface area contributed by atoms with Crippen LogP contribution in [0.5, 0.6) is 0 Å². The number of carbonyl (C=O) groups excluding carboxylic acids is 1. The second kappa shape index (κ2) is 5.24. The Morgan fingerprint density at radius 3 is 2.56 bits per heavy atom. The average molecular weight is 217 g/mol. The minimum Gasteiger partial charge on any atom is -0.292 e. The Balaban J connectivity index is 2.11. The topological polar surface area (TPSA) is 30.0 Å². The normalized spacial score (nSPS) is 18.1. The molecule has 0 N–H and O–H groups in total. The molecule has 1 aromatic heterocycles. The molecule has 0 unspecified atom stereocenters. The van der Waals surface area contributed by atoms with Gasteiger partial charge in [0.15, 0.2) is 5.78 Å². The maximum absolute atomic E-state index is 12.2. The first-order valence-corrected chi connectivity index (χ1v) is 6.24. The van der Waals surface area contributed by atoms with Crippen LogP contribution in [0.15, 0.2) is 18.3 Å². The van der Waals surface area contributed by atoms with E-state index in [0.717, 1.165) is 18.4 Å². The number of hydrogen-bond donors (Lipinski definition) is 0. The van der Waals surface area contributed by atoms with Crippen LogP contribution in [-0.4, -0.2) is 10.8 Å². The Bertz CT molecular complexity index is 365. The monoisotopic (exact) mass is 217 g/mol. The second-order valence-electron chi connectivity index (χ2n) is 4.77. The lowest BCUT2D eigenvalue weighted by Gasteiger charge is -2.11. The Kier molecular flexibility index (Phi) is 3.70. The van der Waals surface area contributed by atoms with E-state index < -0.39 is 0 Å². The highest BCUT2D eigenvalue weighted by molar-refractivity contribution is 5.96. The van der Waals surface area contributed by atoms with Gasteiger partial charge in [-0.2, -0.15) is 0 Å². The highest BCUT2D eigenvalue weighted by Gasteiger charge is 2.22. The van der Waals surface area contributed by atoms with Gasteiger partial charge in [-0.25, -0.2) is 0 Å². The standard InChI is InChI=1S/C14H19NO/c1-11-8-9-15-13(10-11)14(16)12-6-4-2-3-5-7-12/h8-10,12H,2-7H2,1H3. The summed E-state index contributed by atoms with van der Waals surface area (Å²) in [5.74, 6) is 0.474. The Hall–Kier alpha value is -1.18. The lowest BCUT2D eigenvalue weighted by molar-refractivity contribution is 0.0902. The van der Waals surface area contributed by atoms with Gasteiger partial charge in [-0.05, 0) is 37.5 Å².